The van der Waals surface area contributed by atoms with Crippen LogP contribution >= 0.6 is 35.0 Å². The molecule has 5 nitrogen and oxygen atoms in total. The van der Waals surface area contributed by atoms with Gasteiger partial charge in [-0.1, -0.05) is 53.2 Å². The van der Waals surface area contributed by atoms with Crippen LogP contribution in [0.5, 0.6) is 0 Å². The van der Waals surface area contributed by atoms with Crippen molar-refractivity contribution in [3.05, 3.63) is 58.6 Å². The van der Waals surface area contributed by atoms with Crippen LogP contribution in [0.3, 0.4) is 0 Å². The molecule has 128 valence electrons. The molecule has 25 heavy (non-hydrogen) atoms. The van der Waals surface area contributed by atoms with E-state index in [4.69, 9.17) is 28.6 Å². The number of nitrogens with zero attached hydrogens (tertiary/aromatic N) is 1. The Morgan fingerprint density at radius 2 is 1.92 bits per heavy atom. The second kappa shape index (κ2) is 7.47. The van der Waals surface area contributed by atoms with Crippen LogP contribution in [0.25, 0.3) is 0 Å². The number of benzene rings is 2. The molecule has 1 fully saturated rings. The summed E-state index contributed by atoms with van der Waals surface area (Å²) in [5, 5.41) is 11.0. The van der Waals surface area contributed by atoms with E-state index in [0.717, 1.165) is 11.8 Å². The van der Waals surface area contributed by atoms with Gasteiger partial charge in [-0.25, -0.2) is 0 Å². The lowest BCUT2D eigenvalue weighted by Gasteiger charge is -2.15. The van der Waals surface area contributed by atoms with Gasteiger partial charge in [0.2, 0.25) is 11.8 Å². The van der Waals surface area contributed by atoms with Crippen LogP contribution < -0.4 is 10.2 Å². The third-order valence-electron chi connectivity index (χ3n) is 3.54. The Labute approximate surface area is 158 Å². The van der Waals surface area contributed by atoms with Gasteiger partial charge in [-0.05, 0) is 30.3 Å². The molecule has 0 aromatic heterocycles. The Bertz CT molecular complexity index is 845. The van der Waals surface area contributed by atoms with Crippen LogP contribution in [0.1, 0.15) is 6.42 Å². The van der Waals surface area contributed by atoms with E-state index in [0.29, 0.717) is 21.4 Å². The molecular formula is C17H13Cl2N3O2S. The van der Waals surface area contributed by atoms with Gasteiger partial charge in [0, 0.05) is 11.4 Å². The third-order valence-corrected chi connectivity index (χ3v) is 5.15. The second-order valence-corrected chi connectivity index (χ2v) is 7.33. The fourth-order valence-electron chi connectivity index (χ4n) is 2.39. The Morgan fingerprint density at radius 3 is 2.60 bits per heavy atom. The first-order chi connectivity index (χ1) is 12.0. The summed E-state index contributed by atoms with van der Waals surface area (Å²) in [5.41, 5.74) is 1.05. The molecule has 0 aliphatic carbocycles. The van der Waals surface area contributed by atoms with Crippen molar-refractivity contribution in [1.82, 2.24) is 0 Å². The summed E-state index contributed by atoms with van der Waals surface area (Å²) in [4.78, 5) is 26.1. The molecule has 2 aromatic carbocycles. The summed E-state index contributed by atoms with van der Waals surface area (Å²) in [7, 11) is 0. The van der Waals surface area contributed by atoms with Crippen LogP contribution in [-0.4, -0.2) is 22.2 Å². The standard InChI is InChI=1S/C17H13Cl2N3O2S/c18-10-6-7-13(12(19)8-10)21-15(23)9-14-16(24)22(17(20)25-14)11-4-2-1-3-5-11/h1-8,14,20H,9H2,(H,21,23)/t14-/m0/s1. The predicted octanol–water partition coefficient (Wildman–Crippen LogP) is 4.41. The number of amides is 2. The van der Waals surface area contributed by atoms with E-state index in [1.54, 1.807) is 36.4 Å². The molecule has 1 saturated heterocycles. The first kappa shape index (κ1) is 17.8. The smallest absolute Gasteiger partial charge is 0.247 e. The highest BCUT2D eigenvalue weighted by Gasteiger charge is 2.39. The summed E-state index contributed by atoms with van der Waals surface area (Å²) in [5.74, 6) is -0.628. The van der Waals surface area contributed by atoms with Crippen LogP contribution in [-0.2, 0) is 9.59 Å². The average molecular weight is 394 g/mol. The fraction of sp³-hybridized carbons (Fsp3) is 0.118. The van der Waals surface area contributed by atoms with E-state index >= 15 is 0 Å². The van der Waals surface area contributed by atoms with Gasteiger partial charge in [-0.3, -0.25) is 19.9 Å². The van der Waals surface area contributed by atoms with E-state index in [9.17, 15) is 9.59 Å². The average Bonchev–Trinajstić information content (AvgIpc) is 2.85. The highest BCUT2D eigenvalue weighted by molar-refractivity contribution is 8.16. The third kappa shape index (κ3) is 3.98. The van der Waals surface area contributed by atoms with Crippen LogP contribution in [0.15, 0.2) is 48.5 Å². The molecule has 2 aromatic rings. The molecule has 1 aliphatic heterocycles. The first-order valence-electron chi connectivity index (χ1n) is 7.35. The molecule has 0 spiro atoms. The first-order valence-corrected chi connectivity index (χ1v) is 8.98. The Morgan fingerprint density at radius 1 is 1.20 bits per heavy atom. The zero-order chi connectivity index (χ0) is 18.0. The van der Waals surface area contributed by atoms with E-state index in [1.807, 2.05) is 6.07 Å². The number of amidine groups is 1. The number of para-hydroxylation sites is 1. The number of hydrogen-bond donors (Lipinski definition) is 2. The topological polar surface area (TPSA) is 73.3 Å². The van der Waals surface area contributed by atoms with Gasteiger partial charge in [0.1, 0.15) is 5.25 Å². The van der Waals surface area contributed by atoms with Crippen molar-refractivity contribution >= 4 is 63.3 Å². The molecule has 1 atom stereocenters. The summed E-state index contributed by atoms with van der Waals surface area (Å²) < 4.78 is 0. The number of nitrogens with one attached hydrogen (secondary N) is 2. The molecule has 2 amide bonds. The van der Waals surface area contributed by atoms with Crippen molar-refractivity contribution in [3.8, 4) is 0 Å². The van der Waals surface area contributed by atoms with E-state index in [-0.39, 0.29) is 23.4 Å². The minimum absolute atomic E-state index is 0.0475. The highest BCUT2D eigenvalue weighted by atomic mass is 35.5. The molecule has 0 unspecified atom stereocenters. The number of carbonyl (C=O) groups is 2. The number of thioether (sulfide) groups is 1. The molecule has 1 aliphatic rings. The quantitative estimate of drug-likeness (QED) is 0.807. The second-order valence-electron chi connectivity index (χ2n) is 5.30. The van der Waals surface area contributed by atoms with Gasteiger partial charge < -0.3 is 5.32 Å². The summed E-state index contributed by atoms with van der Waals surface area (Å²) in [6.45, 7) is 0. The van der Waals surface area contributed by atoms with Crippen molar-refractivity contribution < 1.29 is 9.59 Å². The number of hydrogen-bond acceptors (Lipinski definition) is 4. The number of carbonyl (C=O) groups excluding carboxylic acids is 2. The molecule has 0 saturated carbocycles. The Balaban J connectivity index is 1.68. The van der Waals surface area contributed by atoms with Crippen LogP contribution in [0.2, 0.25) is 10.0 Å². The van der Waals surface area contributed by atoms with Gasteiger partial charge >= 0.3 is 0 Å². The van der Waals surface area contributed by atoms with Gasteiger partial charge in [-0.2, -0.15) is 0 Å². The molecule has 8 heteroatoms. The van der Waals surface area contributed by atoms with E-state index < -0.39 is 5.25 Å². The molecule has 0 radical (unpaired) electrons. The lowest BCUT2D eigenvalue weighted by Crippen LogP contribution is -2.33. The minimum atomic E-state index is -0.640. The summed E-state index contributed by atoms with van der Waals surface area (Å²) >= 11 is 12.9. The highest BCUT2D eigenvalue weighted by Crippen LogP contribution is 2.33. The minimum Gasteiger partial charge on any atom is -0.325 e. The van der Waals surface area contributed by atoms with Crippen LogP contribution in [0.4, 0.5) is 11.4 Å². The number of halogens is 2. The monoisotopic (exact) mass is 393 g/mol. The Kier molecular flexibility index (Phi) is 5.32. The van der Waals surface area contributed by atoms with Crippen molar-refractivity contribution in [3.63, 3.8) is 0 Å². The molecule has 3 rings (SSSR count). The molecule has 0 bridgehead atoms. The van der Waals surface area contributed by atoms with Gasteiger partial charge in [0.15, 0.2) is 5.17 Å². The maximum atomic E-state index is 12.6. The summed E-state index contributed by atoms with van der Waals surface area (Å²) in [6.07, 6.45) is -0.0475. The van der Waals surface area contributed by atoms with Gasteiger partial charge in [0.25, 0.3) is 0 Å². The van der Waals surface area contributed by atoms with E-state index in [2.05, 4.69) is 5.32 Å². The zero-order valence-corrected chi connectivity index (χ0v) is 15.2. The molecule has 2 N–H and O–H groups in total. The fourth-order valence-corrected chi connectivity index (χ4v) is 3.86. The van der Waals surface area contributed by atoms with Crippen molar-refractivity contribution in [2.24, 2.45) is 0 Å². The maximum absolute atomic E-state index is 12.6. The van der Waals surface area contributed by atoms with Crippen molar-refractivity contribution in [1.29, 1.82) is 5.41 Å². The van der Waals surface area contributed by atoms with Crippen LogP contribution in [0, 0.1) is 5.41 Å². The number of anilines is 2. The summed E-state index contributed by atoms with van der Waals surface area (Å²) in [6, 6.07) is 13.7. The maximum Gasteiger partial charge on any atom is 0.247 e. The predicted molar refractivity (Wildman–Crippen MR) is 103 cm³/mol. The lowest BCUT2D eigenvalue weighted by atomic mass is 10.2. The Hall–Kier alpha value is -2.02. The molecular weight excluding hydrogens is 381 g/mol. The van der Waals surface area contributed by atoms with Crippen molar-refractivity contribution in [2.45, 2.75) is 11.7 Å². The zero-order valence-electron chi connectivity index (χ0n) is 12.8. The van der Waals surface area contributed by atoms with Gasteiger partial charge in [-0.15, -0.1) is 0 Å². The lowest BCUT2D eigenvalue weighted by molar-refractivity contribution is -0.121. The van der Waals surface area contributed by atoms with Gasteiger partial charge in [0.05, 0.1) is 16.4 Å². The SMILES string of the molecule is N=C1S[C@@H](CC(=O)Nc2ccc(Cl)cc2Cl)C(=O)N1c1ccccc1. The number of rotatable bonds is 4. The van der Waals surface area contributed by atoms with E-state index in [1.165, 1.54) is 11.0 Å². The molecule has 1 heterocycles. The largest absolute Gasteiger partial charge is 0.325 e. The van der Waals surface area contributed by atoms with Crippen molar-refractivity contribution in [2.75, 3.05) is 10.2 Å². The normalized spacial score (nSPS) is 17.0.